The Morgan fingerprint density at radius 2 is 1.93 bits per heavy atom. The summed E-state index contributed by atoms with van der Waals surface area (Å²) in [5.74, 6) is -0.601. The van der Waals surface area contributed by atoms with E-state index in [2.05, 4.69) is 4.74 Å². The highest BCUT2D eigenvalue weighted by Crippen LogP contribution is 2.19. The van der Waals surface area contributed by atoms with Gasteiger partial charge in [-0.15, -0.1) is 0 Å². The topological polar surface area (TPSA) is 50.2 Å². The largest absolute Gasteiger partial charge is 0.464 e. The molecule has 0 unspecified atom stereocenters. The Labute approximate surface area is 87.0 Å². The van der Waals surface area contributed by atoms with Crippen molar-refractivity contribution in [2.75, 3.05) is 7.11 Å². The summed E-state index contributed by atoms with van der Waals surface area (Å²) in [6, 6.07) is 7.62. The predicted octanol–water partition coefficient (Wildman–Crippen LogP) is 2.24. The monoisotopic (exact) mass is 209 g/mol. The van der Waals surface area contributed by atoms with Gasteiger partial charge in [0, 0.05) is 4.90 Å². The third-order valence-electron chi connectivity index (χ3n) is 1.61. The molecule has 4 heteroatoms. The van der Waals surface area contributed by atoms with E-state index < -0.39 is 5.97 Å². The number of thioether (sulfide) groups is 1. The SMILES string of the molecule is COC(=O)C(=N)Sc1ccc(C)cc1. The number of ether oxygens (including phenoxy) is 1. The molecule has 0 amide bonds. The van der Waals surface area contributed by atoms with E-state index in [4.69, 9.17) is 5.41 Å². The second kappa shape index (κ2) is 4.81. The van der Waals surface area contributed by atoms with Crippen molar-refractivity contribution in [3.05, 3.63) is 29.8 Å². The van der Waals surface area contributed by atoms with Gasteiger partial charge in [0.05, 0.1) is 7.11 Å². The Morgan fingerprint density at radius 3 is 2.43 bits per heavy atom. The van der Waals surface area contributed by atoms with Crippen molar-refractivity contribution in [3.63, 3.8) is 0 Å². The second-order valence-corrected chi connectivity index (χ2v) is 3.82. The van der Waals surface area contributed by atoms with E-state index in [1.54, 1.807) is 0 Å². The minimum atomic E-state index is -0.601. The first-order chi connectivity index (χ1) is 6.63. The maximum Gasteiger partial charge on any atom is 0.363 e. The zero-order chi connectivity index (χ0) is 10.6. The van der Waals surface area contributed by atoms with Crippen LogP contribution in [-0.2, 0) is 9.53 Å². The average Bonchev–Trinajstić information content (AvgIpc) is 2.20. The molecule has 3 nitrogen and oxygen atoms in total. The lowest BCUT2D eigenvalue weighted by molar-refractivity contribution is -0.132. The first-order valence-electron chi connectivity index (χ1n) is 4.05. The fourth-order valence-electron chi connectivity index (χ4n) is 0.859. The van der Waals surface area contributed by atoms with Gasteiger partial charge in [-0.2, -0.15) is 0 Å². The first kappa shape index (κ1) is 10.8. The highest BCUT2D eigenvalue weighted by molar-refractivity contribution is 8.15. The Balaban J connectivity index is 2.65. The molecule has 0 fully saturated rings. The Bertz CT molecular complexity index is 346. The summed E-state index contributed by atoms with van der Waals surface area (Å²) in [6.07, 6.45) is 0. The minimum Gasteiger partial charge on any atom is -0.464 e. The molecule has 1 aromatic carbocycles. The van der Waals surface area contributed by atoms with Crippen LogP contribution in [0.25, 0.3) is 0 Å². The zero-order valence-electron chi connectivity index (χ0n) is 8.03. The van der Waals surface area contributed by atoms with E-state index in [0.717, 1.165) is 22.2 Å². The number of nitrogens with one attached hydrogen (secondary N) is 1. The van der Waals surface area contributed by atoms with E-state index in [1.807, 2.05) is 31.2 Å². The summed E-state index contributed by atoms with van der Waals surface area (Å²) in [5.41, 5.74) is 1.15. The van der Waals surface area contributed by atoms with Crippen LogP contribution in [0.4, 0.5) is 0 Å². The van der Waals surface area contributed by atoms with Gasteiger partial charge in [-0.25, -0.2) is 4.79 Å². The summed E-state index contributed by atoms with van der Waals surface area (Å²) in [6.45, 7) is 1.99. The van der Waals surface area contributed by atoms with Crippen LogP contribution < -0.4 is 0 Å². The lowest BCUT2D eigenvalue weighted by Gasteiger charge is -2.01. The van der Waals surface area contributed by atoms with Crippen molar-refractivity contribution in [1.82, 2.24) is 0 Å². The molecule has 0 aliphatic rings. The molecule has 0 bridgehead atoms. The third kappa shape index (κ3) is 2.88. The van der Waals surface area contributed by atoms with Crippen molar-refractivity contribution >= 4 is 22.8 Å². The molecule has 0 heterocycles. The van der Waals surface area contributed by atoms with Crippen LogP contribution in [0.5, 0.6) is 0 Å². The summed E-state index contributed by atoms with van der Waals surface area (Å²) in [4.78, 5) is 11.8. The molecule has 0 saturated carbocycles. The molecule has 0 saturated heterocycles. The van der Waals surface area contributed by atoms with Crippen LogP contribution in [0.15, 0.2) is 29.2 Å². The fraction of sp³-hybridized carbons (Fsp3) is 0.200. The van der Waals surface area contributed by atoms with Crippen LogP contribution in [0.2, 0.25) is 0 Å². The maximum absolute atomic E-state index is 10.9. The van der Waals surface area contributed by atoms with Crippen molar-refractivity contribution in [1.29, 1.82) is 5.41 Å². The van der Waals surface area contributed by atoms with Crippen LogP contribution in [0, 0.1) is 12.3 Å². The average molecular weight is 209 g/mol. The number of methoxy groups -OCH3 is 1. The van der Waals surface area contributed by atoms with Gasteiger partial charge in [0.1, 0.15) is 0 Å². The van der Waals surface area contributed by atoms with Crippen molar-refractivity contribution < 1.29 is 9.53 Å². The summed E-state index contributed by atoms with van der Waals surface area (Å²) in [5, 5.41) is 7.27. The van der Waals surface area contributed by atoms with Gasteiger partial charge in [0.15, 0.2) is 5.04 Å². The van der Waals surface area contributed by atoms with Gasteiger partial charge in [-0.05, 0) is 19.1 Å². The number of aryl methyl sites for hydroxylation is 1. The molecule has 0 spiro atoms. The van der Waals surface area contributed by atoms with Gasteiger partial charge >= 0.3 is 5.97 Å². The molecule has 1 aromatic rings. The van der Waals surface area contributed by atoms with Crippen LogP contribution in [0.1, 0.15) is 5.56 Å². The molecule has 0 aromatic heterocycles. The smallest absolute Gasteiger partial charge is 0.363 e. The standard InChI is InChI=1S/C10H11NO2S/c1-7-3-5-8(6-4-7)14-9(11)10(12)13-2/h3-6,11H,1-2H3. The van der Waals surface area contributed by atoms with Crippen molar-refractivity contribution in [2.24, 2.45) is 0 Å². The van der Waals surface area contributed by atoms with E-state index in [-0.39, 0.29) is 5.04 Å². The third-order valence-corrected chi connectivity index (χ3v) is 2.49. The number of hydrogen-bond acceptors (Lipinski definition) is 4. The number of carbonyl (C=O) groups is 1. The van der Waals surface area contributed by atoms with Crippen LogP contribution >= 0.6 is 11.8 Å². The number of carbonyl (C=O) groups excluding carboxylic acids is 1. The fourth-order valence-corrected chi connectivity index (χ4v) is 1.53. The first-order valence-corrected chi connectivity index (χ1v) is 4.86. The molecule has 74 valence electrons. The lowest BCUT2D eigenvalue weighted by atomic mass is 10.2. The number of rotatable bonds is 1. The Kier molecular flexibility index (Phi) is 3.71. The van der Waals surface area contributed by atoms with Gasteiger partial charge in [0.2, 0.25) is 0 Å². The van der Waals surface area contributed by atoms with E-state index in [9.17, 15) is 4.79 Å². The summed E-state index contributed by atoms with van der Waals surface area (Å²) < 4.78 is 4.42. The molecule has 0 atom stereocenters. The summed E-state index contributed by atoms with van der Waals surface area (Å²) in [7, 11) is 1.27. The van der Waals surface area contributed by atoms with E-state index >= 15 is 0 Å². The molecule has 1 N–H and O–H groups in total. The molecule has 0 aliphatic heterocycles. The lowest BCUT2D eigenvalue weighted by Crippen LogP contribution is -2.10. The van der Waals surface area contributed by atoms with Gasteiger partial charge in [-0.1, -0.05) is 29.5 Å². The van der Waals surface area contributed by atoms with Crippen LogP contribution in [0.3, 0.4) is 0 Å². The van der Waals surface area contributed by atoms with Crippen LogP contribution in [-0.4, -0.2) is 18.1 Å². The van der Waals surface area contributed by atoms with E-state index in [1.165, 1.54) is 7.11 Å². The van der Waals surface area contributed by atoms with Gasteiger partial charge < -0.3 is 4.74 Å². The quantitative estimate of drug-likeness (QED) is 0.334. The highest BCUT2D eigenvalue weighted by Gasteiger charge is 2.10. The van der Waals surface area contributed by atoms with Crippen molar-refractivity contribution in [2.45, 2.75) is 11.8 Å². The molecule has 14 heavy (non-hydrogen) atoms. The molecule has 0 aliphatic carbocycles. The Morgan fingerprint density at radius 1 is 1.36 bits per heavy atom. The normalized spacial score (nSPS) is 9.57. The predicted molar refractivity (Wildman–Crippen MR) is 56.8 cm³/mol. The summed E-state index contributed by atoms with van der Waals surface area (Å²) >= 11 is 1.09. The number of esters is 1. The molecule has 0 radical (unpaired) electrons. The van der Waals surface area contributed by atoms with E-state index in [0.29, 0.717) is 0 Å². The number of benzene rings is 1. The zero-order valence-corrected chi connectivity index (χ0v) is 8.85. The maximum atomic E-state index is 10.9. The molecular formula is C10H11NO2S. The van der Waals surface area contributed by atoms with Gasteiger partial charge in [-0.3, -0.25) is 5.41 Å². The second-order valence-electron chi connectivity index (χ2n) is 2.74. The molecular weight excluding hydrogens is 198 g/mol. The van der Waals surface area contributed by atoms with Gasteiger partial charge in [0.25, 0.3) is 0 Å². The highest BCUT2D eigenvalue weighted by atomic mass is 32.2. The minimum absolute atomic E-state index is 0.101. The van der Waals surface area contributed by atoms with Crippen molar-refractivity contribution in [3.8, 4) is 0 Å². The molecule has 1 rings (SSSR count). The Hall–Kier alpha value is -1.29. The number of hydrogen-bond donors (Lipinski definition) is 1.